The number of thiophene rings is 1. The lowest BCUT2D eigenvalue weighted by atomic mass is 9.65. The summed E-state index contributed by atoms with van der Waals surface area (Å²) in [5.74, 6) is 0.222. The van der Waals surface area contributed by atoms with Gasteiger partial charge >= 0.3 is 0 Å². The van der Waals surface area contributed by atoms with Crippen LogP contribution in [0.5, 0.6) is 0 Å². The second-order valence-electron chi connectivity index (χ2n) is 3.80. The molecule has 0 spiro atoms. The smallest absolute Gasteiger partial charge is 0.172 e. The highest BCUT2D eigenvalue weighted by molar-refractivity contribution is 9.10. The molecular weight excluding hydrogens is 262 g/mol. The first-order chi connectivity index (χ1) is 6.69. The molecule has 1 fully saturated rings. The number of hydrogen-bond acceptors (Lipinski definition) is 3. The molecule has 14 heavy (non-hydrogen) atoms. The van der Waals surface area contributed by atoms with E-state index in [2.05, 4.69) is 15.9 Å². The third kappa shape index (κ3) is 1.45. The van der Waals surface area contributed by atoms with Crippen LogP contribution in [0.1, 0.15) is 29.6 Å². The zero-order valence-corrected chi connectivity index (χ0v) is 10.2. The van der Waals surface area contributed by atoms with Crippen LogP contribution in [-0.4, -0.2) is 12.3 Å². The molecule has 0 unspecified atom stereocenters. The van der Waals surface area contributed by atoms with Crippen molar-refractivity contribution in [3.63, 3.8) is 0 Å². The van der Waals surface area contributed by atoms with Crippen molar-refractivity contribution in [3.8, 4) is 0 Å². The molecule has 0 aromatic carbocycles. The normalized spacial score (nSPS) is 19.0. The first kappa shape index (κ1) is 10.3. The van der Waals surface area contributed by atoms with Crippen molar-refractivity contribution in [2.45, 2.75) is 19.3 Å². The molecule has 1 saturated carbocycles. The molecule has 76 valence electrons. The second-order valence-corrected chi connectivity index (χ2v) is 5.40. The zero-order valence-electron chi connectivity index (χ0n) is 7.75. The van der Waals surface area contributed by atoms with Gasteiger partial charge < -0.3 is 5.73 Å². The Morgan fingerprint density at radius 1 is 1.57 bits per heavy atom. The molecule has 0 aliphatic heterocycles. The fourth-order valence-electron chi connectivity index (χ4n) is 1.86. The molecule has 0 atom stereocenters. The number of Topliss-reactive ketones (excluding diaryl/α,β-unsaturated/α-hetero) is 1. The number of hydrogen-bond donors (Lipinski definition) is 1. The largest absolute Gasteiger partial charge is 0.329 e. The fourth-order valence-corrected chi connectivity index (χ4v) is 3.31. The van der Waals surface area contributed by atoms with Crippen molar-refractivity contribution >= 4 is 33.0 Å². The van der Waals surface area contributed by atoms with Crippen LogP contribution >= 0.6 is 27.3 Å². The summed E-state index contributed by atoms with van der Waals surface area (Å²) in [6.45, 7) is 0.480. The van der Waals surface area contributed by atoms with E-state index in [4.69, 9.17) is 5.73 Å². The van der Waals surface area contributed by atoms with Crippen LogP contribution < -0.4 is 5.73 Å². The highest BCUT2D eigenvalue weighted by atomic mass is 79.9. The summed E-state index contributed by atoms with van der Waals surface area (Å²) < 4.78 is 0.909. The Balaban J connectivity index is 2.27. The topological polar surface area (TPSA) is 43.1 Å². The predicted molar refractivity (Wildman–Crippen MR) is 61.7 cm³/mol. The van der Waals surface area contributed by atoms with E-state index in [1.54, 1.807) is 11.3 Å². The van der Waals surface area contributed by atoms with Crippen molar-refractivity contribution in [1.82, 2.24) is 0 Å². The minimum atomic E-state index is -0.246. The van der Waals surface area contributed by atoms with Gasteiger partial charge in [-0.2, -0.15) is 11.3 Å². The summed E-state index contributed by atoms with van der Waals surface area (Å²) in [4.78, 5) is 12.2. The zero-order chi connectivity index (χ0) is 10.2. The van der Waals surface area contributed by atoms with Crippen LogP contribution in [0.25, 0.3) is 0 Å². The molecular formula is C10H12BrNOS. The van der Waals surface area contributed by atoms with Crippen LogP contribution in [0.15, 0.2) is 15.2 Å². The molecule has 1 heterocycles. The Morgan fingerprint density at radius 2 is 2.29 bits per heavy atom. The number of carbonyl (C=O) groups is 1. The van der Waals surface area contributed by atoms with Crippen molar-refractivity contribution in [2.75, 3.05) is 6.54 Å². The average molecular weight is 274 g/mol. The van der Waals surface area contributed by atoms with Crippen molar-refractivity contribution in [2.24, 2.45) is 11.1 Å². The van der Waals surface area contributed by atoms with Gasteiger partial charge in [-0.15, -0.1) is 0 Å². The molecule has 0 radical (unpaired) electrons. The van der Waals surface area contributed by atoms with Crippen molar-refractivity contribution in [1.29, 1.82) is 0 Å². The van der Waals surface area contributed by atoms with E-state index in [-0.39, 0.29) is 11.2 Å². The molecule has 1 aromatic rings. The van der Waals surface area contributed by atoms with Crippen LogP contribution in [0.3, 0.4) is 0 Å². The summed E-state index contributed by atoms with van der Waals surface area (Å²) >= 11 is 4.94. The Kier molecular flexibility index (Phi) is 2.77. The average Bonchev–Trinajstić information content (AvgIpc) is 2.50. The van der Waals surface area contributed by atoms with Gasteiger partial charge in [-0.05, 0) is 28.8 Å². The van der Waals surface area contributed by atoms with Gasteiger partial charge in [0.1, 0.15) is 0 Å². The summed E-state index contributed by atoms with van der Waals surface area (Å²) in [5.41, 5.74) is 6.25. The summed E-state index contributed by atoms with van der Waals surface area (Å²) in [6.07, 6.45) is 3.03. The molecule has 1 aromatic heterocycles. The summed E-state index contributed by atoms with van der Waals surface area (Å²) in [6, 6.07) is 0. The maximum absolute atomic E-state index is 12.2. The van der Waals surface area contributed by atoms with Gasteiger partial charge in [0, 0.05) is 32.8 Å². The van der Waals surface area contributed by atoms with E-state index >= 15 is 0 Å². The van der Waals surface area contributed by atoms with Crippen LogP contribution in [-0.2, 0) is 0 Å². The fraction of sp³-hybridized carbons (Fsp3) is 0.500. The highest BCUT2D eigenvalue weighted by Crippen LogP contribution is 2.44. The third-order valence-corrected chi connectivity index (χ3v) is 4.75. The monoisotopic (exact) mass is 273 g/mol. The van der Waals surface area contributed by atoms with E-state index in [9.17, 15) is 4.79 Å². The van der Waals surface area contributed by atoms with Gasteiger partial charge in [-0.1, -0.05) is 6.42 Å². The number of rotatable bonds is 3. The van der Waals surface area contributed by atoms with Crippen molar-refractivity contribution < 1.29 is 4.79 Å². The first-order valence-corrected chi connectivity index (χ1v) is 6.40. The minimum absolute atomic E-state index is 0.222. The maximum atomic E-state index is 12.2. The maximum Gasteiger partial charge on any atom is 0.172 e. The minimum Gasteiger partial charge on any atom is -0.329 e. The van der Waals surface area contributed by atoms with E-state index in [0.29, 0.717) is 6.54 Å². The quantitative estimate of drug-likeness (QED) is 0.861. The predicted octanol–water partition coefficient (Wildman–Crippen LogP) is 2.82. The van der Waals surface area contributed by atoms with Gasteiger partial charge in [-0.25, -0.2) is 0 Å². The Hall–Kier alpha value is -0.190. The SMILES string of the molecule is NCC1(C(=O)c2cscc2Br)CCC1. The number of carbonyl (C=O) groups excluding carboxylic acids is 1. The van der Waals surface area contributed by atoms with E-state index in [0.717, 1.165) is 29.3 Å². The third-order valence-electron chi connectivity index (χ3n) is 3.04. The molecule has 1 aliphatic rings. The van der Waals surface area contributed by atoms with Crippen LogP contribution in [0.2, 0.25) is 0 Å². The van der Waals surface area contributed by atoms with Gasteiger partial charge in [-0.3, -0.25) is 4.79 Å². The lowest BCUT2D eigenvalue weighted by Crippen LogP contribution is -2.44. The van der Waals surface area contributed by atoms with E-state index in [1.165, 1.54) is 0 Å². The molecule has 2 N–H and O–H groups in total. The molecule has 4 heteroatoms. The highest BCUT2D eigenvalue weighted by Gasteiger charge is 2.43. The summed E-state index contributed by atoms with van der Waals surface area (Å²) in [5, 5.41) is 3.85. The number of halogens is 1. The van der Waals surface area contributed by atoms with Crippen LogP contribution in [0, 0.1) is 5.41 Å². The molecule has 0 amide bonds. The Bertz CT molecular complexity index is 351. The summed E-state index contributed by atoms with van der Waals surface area (Å²) in [7, 11) is 0. The number of nitrogens with two attached hydrogens (primary N) is 1. The Morgan fingerprint density at radius 3 is 2.64 bits per heavy atom. The molecule has 0 saturated heterocycles. The standard InChI is InChI=1S/C10H12BrNOS/c11-8-5-14-4-7(8)9(13)10(6-12)2-1-3-10/h4-5H,1-3,6,12H2. The molecule has 1 aliphatic carbocycles. The van der Waals surface area contributed by atoms with Crippen LogP contribution in [0.4, 0.5) is 0 Å². The van der Waals surface area contributed by atoms with E-state index < -0.39 is 0 Å². The van der Waals surface area contributed by atoms with Gasteiger partial charge in [0.05, 0.1) is 0 Å². The number of ketones is 1. The van der Waals surface area contributed by atoms with Crippen molar-refractivity contribution in [3.05, 3.63) is 20.8 Å². The molecule has 0 bridgehead atoms. The van der Waals surface area contributed by atoms with Gasteiger partial charge in [0.15, 0.2) is 5.78 Å². The lowest BCUT2D eigenvalue weighted by molar-refractivity contribution is 0.0635. The lowest BCUT2D eigenvalue weighted by Gasteiger charge is -2.39. The first-order valence-electron chi connectivity index (χ1n) is 4.66. The van der Waals surface area contributed by atoms with Gasteiger partial charge in [0.2, 0.25) is 0 Å². The molecule has 2 nitrogen and oxygen atoms in total. The molecule has 2 rings (SSSR count). The van der Waals surface area contributed by atoms with E-state index in [1.807, 2.05) is 10.8 Å². The van der Waals surface area contributed by atoms with Gasteiger partial charge in [0.25, 0.3) is 0 Å². The Labute approximate surface area is 95.6 Å². The second kappa shape index (κ2) is 3.76.